The molecule has 6 nitrogen and oxygen atoms in total. The van der Waals surface area contributed by atoms with Gasteiger partial charge in [-0.3, -0.25) is 9.59 Å². The van der Waals surface area contributed by atoms with Crippen molar-refractivity contribution in [2.75, 3.05) is 39.3 Å². The van der Waals surface area contributed by atoms with Crippen molar-refractivity contribution in [3.05, 3.63) is 35.9 Å². The van der Waals surface area contributed by atoms with E-state index >= 15 is 0 Å². The third-order valence-corrected chi connectivity index (χ3v) is 5.72. The van der Waals surface area contributed by atoms with Gasteiger partial charge in [0, 0.05) is 32.2 Å². The van der Waals surface area contributed by atoms with Crippen molar-refractivity contribution < 1.29 is 14.3 Å². The Kier molecular flexibility index (Phi) is 4.96. The van der Waals surface area contributed by atoms with Gasteiger partial charge >= 0.3 is 0 Å². The minimum atomic E-state index is -0.608. The smallest absolute Gasteiger partial charge is 0.254 e. The second-order valence-corrected chi connectivity index (χ2v) is 7.38. The van der Waals surface area contributed by atoms with E-state index in [1.54, 1.807) is 0 Å². The molecule has 0 N–H and O–H groups in total. The molecule has 0 radical (unpaired) electrons. The SMILES string of the molecule is CCN1CCN(C(=O)[C@@H]2OCC(=O)N(C3CC3)[C@H]2c2ccccc2)CC1. The van der Waals surface area contributed by atoms with Crippen LogP contribution in [0.2, 0.25) is 0 Å². The first-order chi connectivity index (χ1) is 12.7. The molecule has 2 amide bonds. The lowest BCUT2D eigenvalue weighted by atomic mass is 9.96. The van der Waals surface area contributed by atoms with E-state index in [-0.39, 0.29) is 30.5 Å². The highest BCUT2D eigenvalue weighted by atomic mass is 16.5. The molecule has 2 saturated heterocycles. The number of ether oxygens (including phenoxy) is 1. The summed E-state index contributed by atoms with van der Waals surface area (Å²) in [5, 5.41) is 0. The lowest BCUT2D eigenvalue weighted by Crippen LogP contribution is -2.58. The Balaban J connectivity index is 1.58. The predicted octanol–water partition coefficient (Wildman–Crippen LogP) is 1.28. The molecule has 0 unspecified atom stereocenters. The molecule has 1 aliphatic carbocycles. The van der Waals surface area contributed by atoms with E-state index in [1.807, 2.05) is 40.1 Å². The van der Waals surface area contributed by atoms with E-state index in [2.05, 4.69) is 11.8 Å². The largest absolute Gasteiger partial charge is 0.356 e. The number of piperazine rings is 1. The van der Waals surface area contributed by atoms with Gasteiger partial charge in [0.1, 0.15) is 6.61 Å². The number of benzene rings is 1. The fourth-order valence-electron chi connectivity index (χ4n) is 4.07. The van der Waals surface area contributed by atoms with E-state index in [1.165, 1.54) is 0 Å². The van der Waals surface area contributed by atoms with Crippen molar-refractivity contribution in [2.24, 2.45) is 0 Å². The van der Waals surface area contributed by atoms with Gasteiger partial charge in [-0.15, -0.1) is 0 Å². The summed E-state index contributed by atoms with van der Waals surface area (Å²) in [5.41, 5.74) is 0.984. The molecule has 0 bridgehead atoms. The molecule has 3 fully saturated rings. The Bertz CT molecular complexity index is 654. The van der Waals surface area contributed by atoms with Gasteiger partial charge in [-0.1, -0.05) is 37.3 Å². The lowest BCUT2D eigenvalue weighted by molar-refractivity contribution is -0.171. The molecule has 3 aliphatic rings. The van der Waals surface area contributed by atoms with Gasteiger partial charge in [0.25, 0.3) is 5.91 Å². The summed E-state index contributed by atoms with van der Waals surface area (Å²) in [4.78, 5) is 32.0. The van der Waals surface area contributed by atoms with E-state index in [4.69, 9.17) is 4.74 Å². The average molecular weight is 357 g/mol. The quantitative estimate of drug-likeness (QED) is 0.815. The van der Waals surface area contributed by atoms with Gasteiger partial charge in [0.05, 0.1) is 6.04 Å². The van der Waals surface area contributed by atoms with Gasteiger partial charge in [-0.05, 0) is 24.9 Å². The van der Waals surface area contributed by atoms with Crippen LogP contribution in [0.5, 0.6) is 0 Å². The summed E-state index contributed by atoms with van der Waals surface area (Å²) in [5.74, 6) is 0.0222. The van der Waals surface area contributed by atoms with Crippen molar-refractivity contribution >= 4 is 11.8 Å². The fraction of sp³-hybridized carbons (Fsp3) is 0.600. The Morgan fingerprint density at radius 2 is 1.81 bits per heavy atom. The van der Waals surface area contributed by atoms with Crippen LogP contribution in [0.3, 0.4) is 0 Å². The third kappa shape index (κ3) is 3.35. The van der Waals surface area contributed by atoms with Crippen LogP contribution in [-0.4, -0.2) is 78.0 Å². The number of rotatable bonds is 4. The maximum absolute atomic E-state index is 13.3. The third-order valence-electron chi connectivity index (χ3n) is 5.72. The number of carbonyl (C=O) groups excluding carboxylic acids is 2. The average Bonchev–Trinajstić information content (AvgIpc) is 3.53. The number of amides is 2. The van der Waals surface area contributed by atoms with Gasteiger partial charge in [0.2, 0.25) is 5.91 Å². The molecule has 0 spiro atoms. The molecule has 4 rings (SSSR count). The lowest BCUT2D eigenvalue weighted by Gasteiger charge is -2.43. The second-order valence-electron chi connectivity index (χ2n) is 7.38. The molecule has 26 heavy (non-hydrogen) atoms. The molecule has 2 aliphatic heterocycles. The first-order valence-corrected chi connectivity index (χ1v) is 9.68. The minimum Gasteiger partial charge on any atom is -0.356 e. The Morgan fingerprint density at radius 3 is 2.42 bits per heavy atom. The summed E-state index contributed by atoms with van der Waals surface area (Å²) in [6.45, 7) is 6.42. The molecule has 6 heteroatoms. The molecule has 2 atom stereocenters. The Labute approximate surface area is 154 Å². The van der Waals surface area contributed by atoms with Crippen LogP contribution in [0.4, 0.5) is 0 Å². The van der Waals surface area contributed by atoms with Crippen LogP contribution < -0.4 is 0 Å². The zero-order valence-corrected chi connectivity index (χ0v) is 15.3. The van der Waals surface area contributed by atoms with E-state index in [9.17, 15) is 9.59 Å². The molecule has 2 heterocycles. The second kappa shape index (κ2) is 7.37. The number of morpholine rings is 1. The number of likely N-dealkylation sites (N-methyl/N-ethyl adjacent to an activating group) is 1. The highest BCUT2D eigenvalue weighted by Gasteiger charge is 2.48. The van der Waals surface area contributed by atoms with E-state index in [0.717, 1.165) is 51.1 Å². The first kappa shape index (κ1) is 17.5. The summed E-state index contributed by atoms with van der Waals surface area (Å²) in [6, 6.07) is 9.80. The number of hydrogen-bond acceptors (Lipinski definition) is 4. The molecular formula is C20H27N3O3. The van der Waals surface area contributed by atoms with Crippen molar-refractivity contribution in [3.63, 3.8) is 0 Å². The maximum atomic E-state index is 13.3. The van der Waals surface area contributed by atoms with Crippen LogP contribution in [0.25, 0.3) is 0 Å². The zero-order valence-electron chi connectivity index (χ0n) is 15.3. The summed E-state index contributed by atoms with van der Waals surface area (Å²) in [7, 11) is 0. The minimum absolute atomic E-state index is 0.00112. The fourth-order valence-corrected chi connectivity index (χ4v) is 4.07. The number of nitrogens with zero attached hydrogens (tertiary/aromatic N) is 3. The van der Waals surface area contributed by atoms with Crippen molar-refractivity contribution in [3.8, 4) is 0 Å². The van der Waals surface area contributed by atoms with Crippen molar-refractivity contribution in [2.45, 2.75) is 38.0 Å². The molecule has 1 saturated carbocycles. The molecule has 1 aromatic rings. The monoisotopic (exact) mass is 357 g/mol. The standard InChI is InChI=1S/C20H27N3O3/c1-2-21-10-12-22(13-11-21)20(25)19-18(15-6-4-3-5-7-15)23(16-8-9-16)17(24)14-26-19/h3-7,16,18-19H,2,8-14H2,1H3/t18-,19+/m0/s1. The molecule has 1 aromatic carbocycles. The highest BCUT2D eigenvalue weighted by molar-refractivity contribution is 5.87. The summed E-state index contributed by atoms with van der Waals surface area (Å²) in [6.07, 6.45) is 1.43. The number of carbonyl (C=O) groups is 2. The van der Waals surface area contributed by atoms with Crippen LogP contribution in [0.1, 0.15) is 31.4 Å². The van der Waals surface area contributed by atoms with E-state index < -0.39 is 6.10 Å². The maximum Gasteiger partial charge on any atom is 0.254 e. The normalized spacial score (nSPS) is 27.7. The highest BCUT2D eigenvalue weighted by Crippen LogP contribution is 2.39. The van der Waals surface area contributed by atoms with Crippen LogP contribution in [0.15, 0.2) is 30.3 Å². The van der Waals surface area contributed by atoms with Gasteiger partial charge in [-0.25, -0.2) is 0 Å². The van der Waals surface area contributed by atoms with Crippen molar-refractivity contribution in [1.82, 2.24) is 14.7 Å². The van der Waals surface area contributed by atoms with Gasteiger partial charge in [0.15, 0.2) is 6.10 Å². The summed E-state index contributed by atoms with van der Waals surface area (Å²) >= 11 is 0. The summed E-state index contributed by atoms with van der Waals surface area (Å²) < 4.78 is 5.84. The van der Waals surface area contributed by atoms with Crippen LogP contribution in [0, 0.1) is 0 Å². The van der Waals surface area contributed by atoms with Crippen molar-refractivity contribution in [1.29, 1.82) is 0 Å². The van der Waals surface area contributed by atoms with Crippen LogP contribution in [-0.2, 0) is 14.3 Å². The first-order valence-electron chi connectivity index (χ1n) is 9.68. The Hall–Kier alpha value is -1.92. The molecular weight excluding hydrogens is 330 g/mol. The van der Waals surface area contributed by atoms with Gasteiger partial charge < -0.3 is 19.4 Å². The zero-order chi connectivity index (χ0) is 18.1. The molecule has 0 aromatic heterocycles. The predicted molar refractivity (Wildman–Crippen MR) is 97.5 cm³/mol. The van der Waals surface area contributed by atoms with Gasteiger partial charge in [-0.2, -0.15) is 0 Å². The topological polar surface area (TPSA) is 53.1 Å². The van der Waals surface area contributed by atoms with E-state index in [0.29, 0.717) is 0 Å². The molecule has 140 valence electrons. The van der Waals surface area contributed by atoms with Crippen LogP contribution >= 0.6 is 0 Å². The Morgan fingerprint density at radius 1 is 1.12 bits per heavy atom. The number of hydrogen-bond donors (Lipinski definition) is 0.